The molecule has 1 fully saturated rings. The van der Waals surface area contributed by atoms with Crippen molar-refractivity contribution in [2.24, 2.45) is 5.41 Å². The molecule has 17 heavy (non-hydrogen) atoms. The molecule has 0 N–H and O–H groups in total. The van der Waals surface area contributed by atoms with Crippen molar-refractivity contribution in [3.63, 3.8) is 0 Å². The average molecular weight is 232 g/mol. The van der Waals surface area contributed by atoms with Crippen LogP contribution in [0.2, 0.25) is 0 Å². The molecule has 0 spiro atoms. The summed E-state index contributed by atoms with van der Waals surface area (Å²) < 4.78 is 11.2. The topological polar surface area (TPSA) is 18.5 Å². The Morgan fingerprint density at radius 1 is 1.06 bits per heavy atom. The van der Waals surface area contributed by atoms with Crippen LogP contribution in [-0.2, 0) is 15.7 Å². The van der Waals surface area contributed by atoms with Gasteiger partial charge in [-0.1, -0.05) is 45.0 Å². The second-order valence-corrected chi connectivity index (χ2v) is 5.91. The van der Waals surface area contributed by atoms with E-state index in [4.69, 9.17) is 9.31 Å². The first kappa shape index (κ1) is 12.7. The first-order valence-electron chi connectivity index (χ1n) is 6.37. The molecule has 0 amide bonds. The highest BCUT2D eigenvalue weighted by atomic mass is 16.6. The fraction of sp³-hybridized carbons (Fsp3) is 0.571. The molecule has 1 aliphatic heterocycles. The van der Waals surface area contributed by atoms with Crippen LogP contribution in [0, 0.1) is 5.41 Å². The lowest BCUT2D eigenvalue weighted by molar-refractivity contribution is 0.143. The van der Waals surface area contributed by atoms with E-state index in [1.807, 2.05) is 0 Å². The molecular weight excluding hydrogens is 211 g/mol. The van der Waals surface area contributed by atoms with E-state index < -0.39 is 0 Å². The van der Waals surface area contributed by atoms with Crippen molar-refractivity contribution in [1.82, 2.24) is 0 Å². The minimum Gasteiger partial charge on any atom is -0.407 e. The van der Waals surface area contributed by atoms with Crippen molar-refractivity contribution in [1.29, 1.82) is 0 Å². The molecular formula is C14H21BO2. The van der Waals surface area contributed by atoms with Gasteiger partial charge in [-0.3, -0.25) is 0 Å². The summed E-state index contributed by atoms with van der Waals surface area (Å²) in [5.41, 5.74) is 2.83. The van der Waals surface area contributed by atoms with E-state index >= 15 is 0 Å². The largest absolute Gasteiger partial charge is 0.493 e. The lowest BCUT2D eigenvalue weighted by atomic mass is 9.77. The van der Waals surface area contributed by atoms with E-state index in [0.717, 1.165) is 31.5 Å². The molecule has 3 heteroatoms. The van der Waals surface area contributed by atoms with Crippen molar-refractivity contribution in [3.05, 3.63) is 29.8 Å². The fourth-order valence-electron chi connectivity index (χ4n) is 2.09. The van der Waals surface area contributed by atoms with Crippen LogP contribution in [0.4, 0.5) is 0 Å². The minimum absolute atomic E-state index is 0.160. The number of benzene rings is 1. The molecule has 2 nitrogen and oxygen atoms in total. The molecule has 0 aliphatic carbocycles. The summed E-state index contributed by atoms with van der Waals surface area (Å²) in [6.45, 7) is 8.37. The van der Waals surface area contributed by atoms with E-state index in [9.17, 15) is 0 Å². The second kappa shape index (κ2) is 5.24. The third-order valence-corrected chi connectivity index (χ3v) is 2.81. The van der Waals surface area contributed by atoms with Gasteiger partial charge in [0.05, 0.1) is 0 Å². The summed E-state index contributed by atoms with van der Waals surface area (Å²) in [4.78, 5) is 0. The minimum atomic E-state index is -0.160. The predicted molar refractivity (Wildman–Crippen MR) is 71.5 cm³/mol. The zero-order valence-corrected chi connectivity index (χ0v) is 11.0. The van der Waals surface area contributed by atoms with Gasteiger partial charge in [0.2, 0.25) is 0 Å². The quantitative estimate of drug-likeness (QED) is 0.729. The first-order chi connectivity index (χ1) is 8.04. The van der Waals surface area contributed by atoms with Crippen molar-refractivity contribution in [2.45, 2.75) is 33.6 Å². The molecule has 1 aliphatic rings. The van der Waals surface area contributed by atoms with Gasteiger partial charge >= 0.3 is 7.12 Å². The maximum atomic E-state index is 5.58. The SMILES string of the molecule is CC(C)(C)Cc1ccc(B2OCCCO2)cc1. The van der Waals surface area contributed by atoms with E-state index in [0.29, 0.717) is 5.41 Å². The van der Waals surface area contributed by atoms with Crippen LogP contribution < -0.4 is 5.46 Å². The van der Waals surface area contributed by atoms with E-state index in [1.165, 1.54) is 5.56 Å². The molecule has 0 saturated carbocycles. The van der Waals surface area contributed by atoms with Gasteiger partial charge in [-0.15, -0.1) is 0 Å². The van der Waals surface area contributed by atoms with Gasteiger partial charge in [-0.2, -0.15) is 0 Å². The molecule has 0 bridgehead atoms. The summed E-state index contributed by atoms with van der Waals surface area (Å²) in [5.74, 6) is 0. The predicted octanol–water partition coefficient (Wildman–Crippen LogP) is 2.41. The lowest BCUT2D eigenvalue weighted by Gasteiger charge is -2.21. The molecule has 1 aromatic carbocycles. The van der Waals surface area contributed by atoms with Crippen molar-refractivity contribution in [2.75, 3.05) is 13.2 Å². The first-order valence-corrected chi connectivity index (χ1v) is 6.37. The van der Waals surface area contributed by atoms with Gasteiger partial charge in [0.1, 0.15) is 0 Å². The van der Waals surface area contributed by atoms with Crippen LogP contribution in [0.25, 0.3) is 0 Å². The van der Waals surface area contributed by atoms with Crippen LogP contribution in [-0.4, -0.2) is 20.3 Å². The van der Waals surface area contributed by atoms with Crippen LogP contribution in [0.15, 0.2) is 24.3 Å². The molecule has 1 saturated heterocycles. The van der Waals surface area contributed by atoms with E-state index in [1.54, 1.807) is 0 Å². The zero-order valence-electron chi connectivity index (χ0n) is 11.0. The Bertz CT molecular complexity index is 347. The van der Waals surface area contributed by atoms with Gasteiger partial charge in [0.15, 0.2) is 0 Å². The fourth-order valence-corrected chi connectivity index (χ4v) is 2.09. The maximum absolute atomic E-state index is 5.58. The Balaban J connectivity index is 2.02. The lowest BCUT2D eigenvalue weighted by Crippen LogP contribution is -2.40. The second-order valence-electron chi connectivity index (χ2n) is 5.91. The zero-order chi connectivity index (χ0) is 12.3. The summed E-state index contributed by atoms with van der Waals surface area (Å²) in [7, 11) is -0.160. The van der Waals surface area contributed by atoms with Crippen molar-refractivity contribution in [3.8, 4) is 0 Å². The highest BCUT2D eigenvalue weighted by molar-refractivity contribution is 6.61. The van der Waals surface area contributed by atoms with Crippen molar-refractivity contribution < 1.29 is 9.31 Å². The van der Waals surface area contributed by atoms with Gasteiger partial charge in [0.25, 0.3) is 0 Å². The third kappa shape index (κ3) is 3.86. The van der Waals surface area contributed by atoms with Gasteiger partial charge in [-0.05, 0) is 29.3 Å². The number of rotatable bonds is 2. The normalized spacial score (nSPS) is 17.2. The molecule has 1 aromatic rings. The molecule has 0 radical (unpaired) electrons. The van der Waals surface area contributed by atoms with Gasteiger partial charge in [0, 0.05) is 13.2 Å². The van der Waals surface area contributed by atoms with Crippen LogP contribution in [0.1, 0.15) is 32.8 Å². The molecule has 1 heterocycles. The highest BCUT2D eigenvalue weighted by Crippen LogP contribution is 2.19. The molecule has 92 valence electrons. The Morgan fingerprint density at radius 3 is 2.18 bits per heavy atom. The highest BCUT2D eigenvalue weighted by Gasteiger charge is 2.24. The Labute approximate surface area is 104 Å². The number of hydrogen-bond donors (Lipinski definition) is 0. The third-order valence-electron chi connectivity index (χ3n) is 2.81. The molecule has 0 unspecified atom stereocenters. The Kier molecular flexibility index (Phi) is 3.90. The molecule has 0 aromatic heterocycles. The Hall–Kier alpha value is -0.795. The van der Waals surface area contributed by atoms with Gasteiger partial charge in [-0.25, -0.2) is 0 Å². The summed E-state index contributed by atoms with van der Waals surface area (Å²) in [6.07, 6.45) is 2.10. The molecule has 2 rings (SSSR count). The van der Waals surface area contributed by atoms with E-state index in [2.05, 4.69) is 45.0 Å². The summed E-state index contributed by atoms with van der Waals surface area (Å²) >= 11 is 0. The summed E-state index contributed by atoms with van der Waals surface area (Å²) in [6, 6.07) is 8.61. The van der Waals surface area contributed by atoms with Crippen molar-refractivity contribution >= 4 is 12.6 Å². The van der Waals surface area contributed by atoms with Crippen LogP contribution in [0.3, 0.4) is 0 Å². The molecule has 0 atom stereocenters. The van der Waals surface area contributed by atoms with Gasteiger partial charge < -0.3 is 9.31 Å². The average Bonchev–Trinajstić information content (AvgIpc) is 2.29. The number of hydrogen-bond acceptors (Lipinski definition) is 2. The maximum Gasteiger partial charge on any atom is 0.493 e. The monoisotopic (exact) mass is 232 g/mol. The smallest absolute Gasteiger partial charge is 0.407 e. The van der Waals surface area contributed by atoms with E-state index in [-0.39, 0.29) is 7.12 Å². The Morgan fingerprint density at radius 2 is 1.65 bits per heavy atom. The van der Waals surface area contributed by atoms with Crippen LogP contribution >= 0.6 is 0 Å². The standard InChI is InChI=1S/C14H21BO2/c1-14(2,3)11-12-5-7-13(8-6-12)15-16-9-4-10-17-15/h5-8H,4,9-11H2,1-3H3. The van der Waals surface area contributed by atoms with Crippen LogP contribution in [0.5, 0.6) is 0 Å². The summed E-state index contributed by atoms with van der Waals surface area (Å²) in [5, 5.41) is 0.